The van der Waals surface area contributed by atoms with E-state index < -0.39 is 11.6 Å². The summed E-state index contributed by atoms with van der Waals surface area (Å²) >= 11 is 0. The zero-order chi connectivity index (χ0) is 13.8. The first-order valence-electron chi connectivity index (χ1n) is 6.52. The monoisotopic (exact) mass is 270 g/mol. The number of ether oxygens (including phenoxy) is 1. The largest absolute Gasteiger partial charge is 0.384 e. The second-order valence-electron chi connectivity index (χ2n) is 4.99. The van der Waals surface area contributed by atoms with Gasteiger partial charge in [-0.05, 0) is 31.2 Å². The minimum atomic E-state index is -0.483. The molecule has 0 bridgehead atoms. The maximum atomic E-state index is 14.1. The molecule has 0 spiro atoms. The van der Waals surface area contributed by atoms with Gasteiger partial charge < -0.3 is 15.0 Å². The molecule has 1 aromatic carbocycles. The van der Waals surface area contributed by atoms with E-state index in [0.29, 0.717) is 37.7 Å². The summed E-state index contributed by atoms with van der Waals surface area (Å²) in [5, 5.41) is 2.89. The lowest BCUT2D eigenvalue weighted by molar-refractivity contribution is 0.161. The second kappa shape index (κ2) is 6.30. The Labute approximate surface area is 112 Å². The van der Waals surface area contributed by atoms with Crippen molar-refractivity contribution in [2.24, 2.45) is 5.92 Å². The Bertz CT molecular complexity index is 416. The van der Waals surface area contributed by atoms with Crippen molar-refractivity contribution >= 4 is 5.69 Å². The average Bonchev–Trinajstić information content (AvgIpc) is 2.77. The van der Waals surface area contributed by atoms with E-state index in [1.54, 1.807) is 19.1 Å². The zero-order valence-corrected chi connectivity index (χ0v) is 11.4. The number of nitrogens with one attached hydrogen (secondary N) is 1. The molecule has 19 heavy (non-hydrogen) atoms. The molecule has 5 heteroatoms. The van der Waals surface area contributed by atoms with Gasteiger partial charge in [-0.15, -0.1) is 0 Å². The van der Waals surface area contributed by atoms with Crippen LogP contribution in [0.15, 0.2) is 12.1 Å². The fourth-order valence-corrected chi connectivity index (χ4v) is 2.63. The van der Waals surface area contributed by atoms with Gasteiger partial charge in [0, 0.05) is 32.7 Å². The van der Waals surface area contributed by atoms with Crippen molar-refractivity contribution in [3.63, 3.8) is 0 Å². The molecule has 1 atom stereocenters. The number of methoxy groups -OCH3 is 1. The number of anilines is 1. The highest BCUT2D eigenvalue weighted by Crippen LogP contribution is 2.30. The standard InChI is InChI=1S/C14H20F2N2O/c1-17-7-11-5-12(15)14(13(16)6-11)18-4-3-10(8-18)9-19-2/h5-6,10,17H,3-4,7-9H2,1-2H3. The van der Waals surface area contributed by atoms with Gasteiger partial charge in [0.05, 0.1) is 6.61 Å². The Balaban J connectivity index is 2.16. The molecule has 106 valence electrons. The maximum Gasteiger partial charge on any atom is 0.149 e. The molecule has 1 heterocycles. The summed E-state index contributed by atoms with van der Waals surface area (Å²) in [7, 11) is 3.40. The Kier molecular flexibility index (Phi) is 4.71. The average molecular weight is 270 g/mol. The molecule has 1 aromatic rings. The van der Waals surface area contributed by atoms with Crippen LogP contribution in [0.4, 0.5) is 14.5 Å². The predicted molar refractivity (Wildman–Crippen MR) is 71.3 cm³/mol. The third kappa shape index (κ3) is 3.22. The topological polar surface area (TPSA) is 24.5 Å². The molecular weight excluding hydrogens is 250 g/mol. The Morgan fingerprint density at radius 2 is 2.05 bits per heavy atom. The highest BCUT2D eigenvalue weighted by atomic mass is 19.1. The van der Waals surface area contributed by atoms with Crippen molar-refractivity contribution in [1.82, 2.24) is 5.32 Å². The predicted octanol–water partition coefficient (Wildman–Crippen LogP) is 2.16. The van der Waals surface area contributed by atoms with Crippen LogP contribution in [-0.4, -0.2) is 33.9 Å². The van der Waals surface area contributed by atoms with Gasteiger partial charge >= 0.3 is 0 Å². The molecule has 0 amide bonds. The smallest absolute Gasteiger partial charge is 0.149 e. The van der Waals surface area contributed by atoms with Crippen molar-refractivity contribution in [3.8, 4) is 0 Å². The molecule has 1 aliphatic heterocycles. The van der Waals surface area contributed by atoms with Crippen molar-refractivity contribution in [1.29, 1.82) is 0 Å². The van der Waals surface area contributed by atoms with E-state index in [1.165, 1.54) is 12.1 Å². The van der Waals surface area contributed by atoms with E-state index >= 15 is 0 Å². The van der Waals surface area contributed by atoms with Gasteiger partial charge in [-0.3, -0.25) is 0 Å². The van der Waals surface area contributed by atoms with Gasteiger partial charge in [0.25, 0.3) is 0 Å². The minimum absolute atomic E-state index is 0.0958. The summed E-state index contributed by atoms with van der Waals surface area (Å²) in [5.74, 6) is -0.618. The summed E-state index contributed by atoms with van der Waals surface area (Å²) in [6.45, 7) is 2.41. The molecule has 1 unspecified atom stereocenters. The van der Waals surface area contributed by atoms with Crippen LogP contribution in [0.5, 0.6) is 0 Å². The molecule has 3 nitrogen and oxygen atoms in total. The lowest BCUT2D eigenvalue weighted by atomic mass is 10.1. The summed E-state index contributed by atoms with van der Waals surface area (Å²) < 4.78 is 33.2. The molecule has 1 fully saturated rings. The van der Waals surface area contributed by atoms with Crippen LogP contribution >= 0.6 is 0 Å². The lowest BCUT2D eigenvalue weighted by Gasteiger charge is -2.20. The maximum absolute atomic E-state index is 14.1. The number of hydrogen-bond donors (Lipinski definition) is 1. The van der Waals surface area contributed by atoms with Crippen LogP contribution in [-0.2, 0) is 11.3 Å². The van der Waals surface area contributed by atoms with Gasteiger partial charge in [0.15, 0.2) is 0 Å². The fraction of sp³-hybridized carbons (Fsp3) is 0.571. The van der Waals surface area contributed by atoms with E-state index in [-0.39, 0.29) is 5.69 Å². The number of rotatable bonds is 5. The lowest BCUT2D eigenvalue weighted by Crippen LogP contribution is -2.23. The molecular formula is C14H20F2N2O. The Morgan fingerprint density at radius 3 is 2.63 bits per heavy atom. The van der Waals surface area contributed by atoms with Gasteiger partial charge in [0.2, 0.25) is 0 Å². The molecule has 0 radical (unpaired) electrons. The van der Waals surface area contributed by atoms with E-state index in [2.05, 4.69) is 5.32 Å². The molecule has 1 aliphatic rings. The Morgan fingerprint density at radius 1 is 1.37 bits per heavy atom. The zero-order valence-electron chi connectivity index (χ0n) is 11.4. The number of halogens is 2. The van der Waals surface area contributed by atoms with Crippen LogP contribution in [0.25, 0.3) is 0 Å². The van der Waals surface area contributed by atoms with Crippen molar-refractivity contribution in [2.75, 3.05) is 38.8 Å². The minimum Gasteiger partial charge on any atom is -0.384 e. The second-order valence-corrected chi connectivity index (χ2v) is 4.99. The van der Waals surface area contributed by atoms with Crippen LogP contribution in [0.3, 0.4) is 0 Å². The first-order chi connectivity index (χ1) is 9.15. The van der Waals surface area contributed by atoms with E-state index in [4.69, 9.17) is 4.74 Å². The van der Waals surface area contributed by atoms with Gasteiger partial charge in [-0.25, -0.2) is 8.78 Å². The van der Waals surface area contributed by atoms with Crippen LogP contribution < -0.4 is 10.2 Å². The summed E-state index contributed by atoms with van der Waals surface area (Å²) in [6, 6.07) is 2.80. The summed E-state index contributed by atoms with van der Waals surface area (Å²) in [5.41, 5.74) is 0.715. The third-order valence-electron chi connectivity index (χ3n) is 3.46. The molecule has 2 rings (SSSR count). The number of benzene rings is 1. The van der Waals surface area contributed by atoms with Crippen molar-refractivity contribution < 1.29 is 13.5 Å². The number of hydrogen-bond acceptors (Lipinski definition) is 3. The van der Waals surface area contributed by atoms with Crippen molar-refractivity contribution in [3.05, 3.63) is 29.3 Å². The first kappa shape index (κ1) is 14.2. The molecule has 0 aromatic heterocycles. The van der Waals surface area contributed by atoms with Crippen LogP contribution in [0.1, 0.15) is 12.0 Å². The highest BCUT2D eigenvalue weighted by Gasteiger charge is 2.27. The quantitative estimate of drug-likeness (QED) is 0.887. The van der Waals surface area contributed by atoms with E-state index in [9.17, 15) is 8.78 Å². The van der Waals surface area contributed by atoms with Crippen molar-refractivity contribution in [2.45, 2.75) is 13.0 Å². The molecule has 1 N–H and O–H groups in total. The highest BCUT2D eigenvalue weighted by molar-refractivity contribution is 5.51. The van der Waals surface area contributed by atoms with E-state index in [0.717, 1.165) is 6.42 Å². The van der Waals surface area contributed by atoms with Gasteiger partial charge in [-0.2, -0.15) is 0 Å². The SMILES string of the molecule is CNCc1cc(F)c(N2CCC(COC)C2)c(F)c1. The molecule has 0 saturated carbocycles. The Hall–Kier alpha value is -1.20. The third-order valence-corrected chi connectivity index (χ3v) is 3.46. The normalized spacial score (nSPS) is 19.2. The molecule has 1 saturated heterocycles. The van der Waals surface area contributed by atoms with Gasteiger partial charge in [-0.1, -0.05) is 0 Å². The van der Waals surface area contributed by atoms with Gasteiger partial charge in [0.1, 0.15) is 17.3 Å². The van der Waals surface area contributed by atoms with Crippen LogP contribution in [0.2, 0.25) is 0 Å². The number of nitrogens with zero attached hydrogens (tertiary/aromatic N) is 1. The first-order valence-corrected chi connectivity index (χ1v) is 6.52. The molecule has 0 aliphatic carbocycles. The van der Waals surface area contributed by atoms with Crippen LogP contribution in [0, 0.1) is 17.6 Å². The summed E-state index contributed by atoms with van der Waals surface area (Å²) in [6.07, 6.45) is 0.908. The fourth-order valence-electron chi connectivity index (χ4n) is 2.63. The summed E-state index contributed by atoms with van der Waals surface area (Å²) in [4.78, 5) is 1.78. The van der Waals surface area contributed by atoms with E-state index in [1.807, 2.05) is 0 Å².